The fourth-order valence-electron chi connectivity index (χ4n) is 3.22. The maximum atomic E-state index is 11.8. The van der Waals surface area contributed by atoms with Gasteiger partial charge in [0.2, 0.25) is 0 Å². The smallest absolute Gasteiger partial charge is 0.309 e. The zero-order valence-corrected chi connectivity index (χ0v) is 18.8. The van der Waals surface area contributed by atoms with Gasteiger partial charge in [0, 0.05) is 46.3 Å². The first-order chi connectivity index (χ1) is 11.9. The van der Waals surface area contributed by atoms with Gasteiger partial charge >= 0.3 is 5.97 Å². The van der Waals surface area contributed by atoms with Crippen LogP contribution >= 0.6 is 24.0 Å². The molecule has 2 aliphatic heterocycles. The van der Waals surface area contributed by atoms with E-state index in [1.54, 1.807) is 7.05 Å². The molecule has 0 aliphatic carbocycles. The highest BCUT2D eigenvalue weighted by Gasteiger charge is 2.27. The number of hydrogen-bond donors (Lipinski definition) is 1. The highest BCUT2D eigenvalue weighted by molar-refractivity contribution is 14.0. The lowest BCUT2D eigenvalue weighted by atomic mass is 9.97. The van der Waals surface area contributed by atoms with E-state index in [-0.39, 0.29) is 47.4 Å². The second-order valence-electron chi connectivity index (χ2n) is 6.48. The minimum atomic E-state index is -2.83. The Kier molecular flexibility index (Phi) is 10.2. The van der Waals surface area contributed by atoms with Crippen LogP contribution in [0.5, 0.6) is 0 Å². The average molecular weight is 502 g/mol. The van der Waals surface area contributed by atoms with Crippen molar-refractivity contribution in [1.82, 2.24) is 15.1 Å². The SMILES string of the molecule is CCOC(=O)C1CCN(C(=NC)NCCN2CCS(=O)(=O)CC2)CC1.I. The van der Waals surface area contributed by atoms with Gasteiger partial charge in [0.05, 0.1) is 24.0 Å². The monoisotopic (exact) mass is 502 g/mol. The molecule has 2 aliphatic rings. The molecule has 26 heavy (non-hydrogen) atoms. The van der Waals surface area contributed by atoms with E-state index in [2.05, 4.69) is 20.1 Å². The lowest BCUT2D eigenvalue weighted by Gasteiger charge is -2.34. The summed E-state index contributed by atoms with van der Waals surface area (Å²) in [6.07, 6.45) is 1.56. The van der Waals surface area contributed by atoms with Crippen molar-refractivity contribution in [2.75, 3.05) is 64.4 Å². The first-order valence-electron chi connectivity index (χ1n) is 9.00. The molecule has 0 atom stereocenters. The minimum absolute atomic E-state index is 0. The second-order valence-corrected chi connectivity index (χ2v) is 8.78. The van der Waals surface area contributed by atoms with Gasteiger partial charge in [-0.25, -0.2) is 8.42 Å². The van der Waals surface area contributed by atoms with E-state index >= 15 is 0 Å². The largest absolute Gasteiger partial charge is 0.466 e. The predicted octanol–water partition coefficient (Wildman–Crippen LogP) is 0.185. The number of nitrogens with one attached hydrogen (secondary N) is 1. The first kappa shape index (κ1) is 23.4. The van der Waals surface area contributed by atoms with E-state index in [9.17, 15) is 13.2 Å². The Morgan fingerprint density at radius 1 is 1.19 bits per heavy atom. The Morgan fingerprint density at radius 2 is 1.81 bits per heavy atom. The van der Waals surface area contributed by atoms with Crippen molar-refractivity contribution in [3.8, 4) is 0 Å². The van der Waals surface area contributed by atoms with Gasteiger partial charge in [-0.2, -0.15) is 0 Å². The van der Waals surface area contributed by atoms with E-state index in [1.807, 2.05) is 6.92 Å². The summed E-state index contributed by atoms with van der Waals surface area (Å²) in [6.45, 7) is 6.56. The Labute approximate surface area is 173 Å². The van der Waals surface area contributed by atoms with Crippen LogP contribution in [0.15, 0.2) is 4.99 Å². The molecular weight excluding hydrogens is 471 g/mol. The van der Waals surface area contributed by atoms with Crippen LogP contribution < -0.4 is 5.32 Å². The number of rotatable bonds is 5. The molecule has 0 aromatic rings. The van der Waals surface area contributed by atoms with Gasteiger partial charge in [-0.05, 0) is 19.8 Å². The molecule has 2 fully saturated rings. The predicted molar refractivity (Wildman–Crippen MR) is 113 cm³/mol. The van der Waals surface area contributed by atoms with Gasteiger partial charge in [-0.1, -0.05) is 0 Å². The zero-order chi connectivity index (χ0) is 18.3. The molecule has 8 nitrogen and oxygen atoms in total. The molecule has 0 radical (unpaired) electrons. The zero-order valence-electron chi connectivity index (χ0n) is 15.6. The highest BCUT2D eigenvalue weighted by atomic mass is 127. The maximum absolute atomic E-state index is 11.8. The molecule has 0 saturated carbocycles. The number of carbonyl (C=O) groups excluding carboxylic acids is 1. The molecule has 2 saturated heterocycles. The molecule has 2 heterocycles. The second kappa shape index (κ2) is 11.3. The molecule has 1 N–H and O–H groups in total. The summed E-state index contributed by atoms with van der Waals surface area (Å²) in [5.74, 6) is 1.24. The van der Waals surface area contributed by atoms with Crippen molar-refractivity contribution in [2.45, 2.75) is 19.8 Å². The van der Waals surface area contributed by atoms with Crippen LogP contribution in [0.2, 0.25) is 0 Å². The van der Waals surface area contributed by atoms with E-state index in [0.717, 1.165) is 45.0 Å². The van der Waals surface area contributed by atoms with Crippen molar-refractivity contribution in [1.29, 1.82) is 0 Å². The summed E-state index contributed by atoms with van der Waals surface area (Å²) in [5, 5.41) is 3.35. The van der Waals surface area contributed by atoms with Crippen molar-refractivity contribution >= 4 is 45.7 Å². The molecule has 0 bridgehead atoms. The number of piperidine rings is 1. The molecule has 0 unspecified atom stereocenters. The molecular formula is C16H31IN4O4S. The quantitative estimate of drug-likeness (QED) is 0.248. The van der Waals surface area contributed by atoms with E-state index in [0.29, 0.717) is 19.7 Å². The van der Waals surface area contributed by atoms with Crippen molar-refractivity contribution in [3.05, 3.63) is 0 Å². The minimum Gasteiger partial charge on any atom is -0.466 e. The van der Waals surface area contributed by atoms with E-state index in [1.165, 1.54) is 0 Å². The van der Waals surface area contributed by atoms with Gasteiger partial charge < -0.3 is 15.0 Å². The average Bonchev–Trinajstić information content (AvgIpc) is 2.60. The third kappa shape index (κ3) is 7.18. The van der Waals surface area contributed by atoms with Crippen LogP contribution in [-0.4, -0.2) is 94.6 Å². The third-order valence-corrected chi connectivity index (χ3v) is 6.38. The topological polar surface area (TPSA) is 91.3 Å². The summed E-state index contributed by atoms with van der Waals surface area (Å²) in [7, 11) is -1.07. The number of halogens is 1. The summed E-state index contributed by atoms with van der Waals surface area (Å²) >= 11 is 0. The first-order valence-corrected chi connectivity index (χ1v) is 10.8. The maximum Gasteiger partial charge on any atom is 0.309 e. The molecule has 0 amide bonds. The van der Waals surface area contributed by atoms with Crippen LogP contribution in [0, 0.1) is 5.92 Å². The molecule has 2 rings (SSSR count). The fraction of sp³-hybridized carbons (Fsp3) is 0.875. The van der Waals surface area contributed by atoms with Crippen LogP contribution in [0.1, 0.15) is 19.8 Å². The third-order valence-electron chi connectivity index (χ3n) is 4.77. The Morgan fingerprint density at radius 3 is 2.35 bits per heavy atom. The number of hydrogen-bond acceptors (Lipinski definition) is 6. The van der Waals surface area contributed by atoms with Crippen LogP contribution in [0.25, 0.3) is 0 Å². The van der Waals surface area contributed by atoms with Gasteiger partial charge in [-0.15, -0.1) is 24.0 Å². The Bertz CT molecular complexity index is 563. The standard InChI is InChI=1S/C16H30N4O4S.HI/c1-3-24-15(21)14-4-7-20(8-5-14)16(17-2)18-6-9-19-10-12-25(22,23)13-11-19;/h14H,3-13H2,1-2H3,(H,17,18);1H. The summed E-state index contributed by atoms with van der Waals surface area (Å²) in [4.78, 5) is 20.5. The number of sulfone groups is 1. The molecule has 0 aromatic carbocycles. The Balaban J connectivity index is 0.00000338. The number of guanidine groups is 1. The number of carbonyl (C=O) groups is 1. The Hall–Kier alpha value is -0.620. The lowest BCUT2D eigenvalue weighted by Crippen LogP contribution is -2.49. The van der Waals surface area contributed by atoms with Crippen LogP contribution in [0.3, 0.4) is 0 Å². The molecule has 152 valence electrons. The highest BCUT2D eigenvalue weighted by Crippen LogP contribution is 2.18. The van der Waals surface area contributed by atoms with Gasteiger partial charge in [0.15, 0.2) is 15.8 Å². The number of esters is 1. The summed E-state index contributed by atoms with van der Waals surface area (Å²) in [5.41, 5.74) is 0. The molecule has 0 aromatic heterocycles. The van der Waals surface area contributed by atoms with E-state index in [4.69, 9.17) is 4.74 Å². The van der Waals surface area contributed by atoms with Crippen LogP contribution in [-0.2, 0) is 19.4 Å². The van der Waals surface area contributed by atoms with Crippen LogP contribution in [0.4, 0.5) is 0 Å². The fourth-order valence-corrected chi connectivity index (χ4v) is 4.50. The van der Waals surface area contributed by atoms with Gasteiger partial charge in [-0.3, -0.25) is 14.7 Å². The number of ether oxygens (including phenoxy) is 1. The summed E-state index contributed by atoms with van der Waals surface area (Å²) < 4.78 is 28.0. The van der Waals surface area contributed by atoms with Crippen molar-refractivity contribution in [2.24, 2.45) is 10.9 Å². The molecule has 10 heteroatoms. The normalized spacial score (nSPS) is 21.8. The van der Waals surface area contributed by atoms with Gasteiger partial charge in [0.25, 0.3) is 0 Å². The van der Waals surface area contributed by atoms with Gasteiger partial charge in [0.1, 0.15) is 0 Å². The molecule has 0 spiro atoms. The summed E-state index contributed by atoms with van der Waals surface area (Å²) in [6, 6.07) is 0. The van der Waals surface area contributed by atoms with Crippen molar-refractivity contribution in [3.63, 3.8) is 0 Å². The number of likely N-dealkylation sites (tertiary alicyclic amines) is 1. The van der Waals surface area contributed by atoms with E-state index < -0.39 is 9.84 Å². The number of nitrogens with zero attached hydrogens (tertiary/aromatic N) is 3. The van der Waals surface area contributed by atoms with Crippen molar-refractivity contribution < 1.29 is 17.9 Å². The lowest BCUT2D eigenvalue weighted by molar-refractivity contribution is -0.149. The number of aliphatic imine (C=N–C) groups is 1.